The van der Waals surface area contributed by atoms with E-state index in [2.05, 4.69) is 5.32 Å². The fourth-order valence-electron chi connectivity index (χ4n) is 2.55. The Morgan fingerprint density at radius 3 is 2.48 bits per heavy atom. The van der Waals surface area contributed by atoms with Gasteiger partial charge in [-0.25, -0.2) is 8.42 Å². The topological polar surface area (TPSA) is 66.5 Å². The van der Waals surface area contributed by atoms with Crippen LogP contribution in [0, 0.1) is 13.8 Å². The number of rotatable bonds is 6. The molecule has 0 spiro atoms. The van der Waals surface area contributed by atoms with Crippen molar-refractivity contribution >= 4 is 33.2 Å². The van der Waals surface area contributed by atoms with Crippen molar-refractivity contribution in [3.05, 3.63) is 64.2 Å². The van der Waals surface area contributed by atoms with Gasteiger partial charge in [0.25, 0.3) is 5.91 Å². The molecule has 2 aromatic rings. The number of nitrogens with zero attached hydrogens (tertiary/aromatic N) is 1. The predicted octanol–water partition coefficient (Wildman–Crippen LogP) is 3.15. The molecule has 25 heavy (non-hydrogen) atoms. The molecule has 0 aliphatic heterocycles. The summed E-state index contributed by atoms with van der Waals surface area (Å²) in [5, 5.41) is 3.20. The lowest BCUT2D eigenvalue weighted by atomic mass is 10.1. The van der Waals surface area contributed by atoms with E-state index in [0.29, 0.717) is 16.3 Å². The number of halogens is 1. The van der Waals surface area contributed by atoms with Crippen LogP contribution in [0.2, 0.25) is 5.02 Å². The van der Waals surface area contributed by atoms with Gasteiger partial charge in [-0.15, -0.1) is 0 Å². The lowest BCUT2D eigenvalue weighted by molar-refractivity contribution is 0.0955. The van der Waals surface area contributed by atoms with Crippen LogP contribution in [0.4, 0.5) is 5.69 Å². The van der Waals surface area contributed by atoms with Gasteiger partial charge in [0, 0.05) is 17.1 Å². The van der Waals surface area contributed by atoms with E-state index >= 15 is 0 Å². The standard InChI is InChI=1S/C18H21ClN2O3S/c1-13-7-8-17(14(2)11-13)21(25(3,23)24)10-9-20-18(22)15-5-4-6-16(19)12-15/h4-8,11-12H,9-10H2,1-3H3,(H,20,22). The predicted molar refractivity (Wildman–Crippen MR) is 102 cm³/mol. The number of hydrogen-bond donors (Lipinski definition) is 1. The highest BCUT2D eigenvalue weighted by molar-refractivity contribution is 7.92. The summed E-state index contributed by atoms with van der Waals surface area (Å²) in [5.41, 5.74) is 2.98. The van der Waals surface area contributed by atoms with E-state index in [1.54, 1.807) is 30.3 Å². The number of benzene rings is 2. The number of sulfonamides is 1. The van der Waals surface area contributed by atoms with Crippen LogP contribution >= 0.6 is 11.6 Å². The molecule has 0 aromatic heterocycles. The molecular formula is C18H21ClN2O3S. The molecule has 7 heteroatoms. The van der Waals surface area contributed by atoms with Gasteiger partial charge in [0.2, 0.25) is 10.0 Å². The first-order valence-corrected chi connectivity index (χ1v) is 10.00. The number of aryl methyl sites for hydroxylation is 2. The maximum absolute atomic E-state index is 12.2. The molecule has 0 fully saturated rings. The Morgan fingerprint density at radius 1 is 1.16 bits per heavy atom. The van der Waals surface area contributed by atoms with Crippen LogP contribution in [0.3, 0.4) is 0 Å². The van der Waals surface area contributed by atoms with Crippen molar-refractivity contribution in [3.8, 4) is 0 Å². The summed E-state index contributed by atoms with van der Waals surface area (Å²) >= 11 is 5.88. The van der Waals surface area contributed by atoms with E-state index in [9.17, 15) is 13.2 Å². The van der Waals surface area contributed by atoms with E-state index in [4.69, 9.17) is 11.6 Å². The van der Waals surface area contributed by atoms with Crippen LogP contribution in [0.25, 0.3) is 0 Å². The van der Waals surface area contributed by atoms with Crippen LogP contribution in [0.15, 0.2) is 42.5 Å². The first kappa shape index (κ1) is 19.3. The molecule has 1 amide bonds. The average molecular weight is 381 g/mol. The van der Waals surface area contributed by atoms with Gasteiger partial charge in [0.05, 0.1) is 18.5 Å². The molecule has 0 aliphatic carbocycles. The van der Waals surface area contributed by atoms with Crippen LogP contribution in [-0.4, -0.2) is 33.7 Å². The summed E-state index contributed by atoms with van der Waals surface area (Å²) in [7, 11) is -3.46. The molecule has 0 saturated carbocycles. The zero-order chi connectivity index (χ0) is 18.6. The average Bonchev–Trinajstić information content (AvgIpc) is 2.51. The lowest BCUT2D eigenvalue weighted by Crippen LogP contribution is -2.38. The van der Waals surface area contributed by atoms with Gasteiger partial charge >= 0.3 is 0 Å². The summed E-state index contributed by atoms with van der Waals surface area (Å²) in [5.74, 6) is -0.295. The van der Waals surface area contributed by atoms with E-state index in [-0.39, 0.29) is 19.0 Å². The number of hydrogen-bond acceptors (Lipinski definition) is 3. The van der Waals surface area contributed by atoms with Crippen molar-refractivity contribution in [2.75, 3.05) is 23.7 Å². The van der Waals surface area contributed by atoms with Gasteiger partial charge in [0.1, 0.15) is 0 Å². The third kappa shape index (κ3) is 5.21. The molecule has 0 radical (unpaired) electrons. The number of amides is 1. The number of carbonyl (C=O) groups excluding carboxylic acids is 1. The number of nitrogens with one attached hydrogen (secondary N) is 1. The normalized spacial score (nSPS) is 11.2. The molecular weight excluding hydrogens is 360 g/mol. The number of carbonyl (C=O) groups is 1. The quantitative estimate of drug-likeness (QED) is 0.837. The maximum atomic E-state index is 12.2. The van der Waals surface area contributed by atoms with Crippen molar-refractivity contribution in [2.24, 2.45) is 0 Å². The molecule has 0 heterocycles. The Kier molecular flexibility index (Phi) is 6.08. The van der Waals surface area contributed by atoms with Gasteiger partial charge in [-0.3, -0.25) is 9.10 Å². The Bertz CT molecular complexity index is 882. The molecule has 0 atom stereocenters. The Labute approximate surface area is 153 Å². The molecule has 5 nitrogen and oxygen atoms in total. The highest BCUT2D eigenvalue weighted by Gasteiger charge is 2.19. The molecule has 134 valence electrons. The minimum absolute atomic E-state index is 0.148. The molecule has 1 N–H and O–H groups in total. The van der Waals surface area contributed by atoms with Crippen molar-refractivity contribution in [2.45, 2.75) is 13.8 Å². The summed E-state index contributed by atoms with van der Waals surface area (Å²) in [6.45, 7) is 4.15. The monoisotopic (exact) mass is 380 g/mol. The highest BCUT2D eigenvalue weighted by Crippen LogP contribution is 2.23. The van der Waals surface area contributed by atoms with Crippen LogP contribution < -0.4 is 9.62 Å². The van der Waals surface area contributed by atoms with Gasteiger partial charge in [0.15, 0.2) is 0 Å². The second kappa shape index (κ2) is 7.89. The van der Waals surface area contributed by atoms with Gasteiger partial charge in [-0.1, -0.05) is 35.4 Å². The first-order chi connectivity index (χ1) is 11.7. The first-order valence-electron chi connectivity index (χ1n) is 7.77. The summed E-state index contributed by atoms with van der Waals surface area (Å²) in [6, 6.07) is 12.2. The molecule has 0 aliphatic rings. The second-order valence-corrected chi connectivity index (χ2v) is 8.23. The van der Waals surface area contributed by atoms with Crippen molar-refractivity contribution in [1.82, 2.24) is 5.32 Å². The van der Waals surface area contributed by atoms with Gasteiger partial charge in [-0.05, 0) is 43.7 Å². The van der Waals surface area contributed by atoms with Gasteiger partial charge < -0.3 is 5.32 Å². The highest BCUT2D eigenvalue weighted by atomic mass is 35.5. The molecule has 0 unspecified atom stereocenters. The smallest absolute Gasteiger partial charge is 0.251 e. The van der Waals surface area contributed by atoms with Crippen molar-refractivity contribution in [1.29, 1.82) is 0 Å². The van der Waals surface area contributed by atoms with E-state index in [0.717, 1.165) is 17.4 Å². The molecule has 0 saturated heterocycles. The lowest BCUT2D eigenvalue weighted by Gasteiger charge is -2.24. The Balaban J connectivity index is 2.10. The van der Waals surface area contributed by atoms with Crippen LogP contribution in [-0.2, 0) is 10.0 Å². The van der Waals surface area contributed by atoms with E-state index < -0.39 is 10.0 Å². The molecule has 0 bridgehead atoms. The third-order valence-corrected chi connectivity index (χ3v) is 5.12. The number of anilines is 1. The third-order valence-electron chi connectivity index (χ3n) is 3.71. The Hall–Kier alpha value is -2.05. The Morgan fingerprint density at radius 2 is 1.88 bits per heavy atom. The van der Waals surface area contributed by atoms with Crippen LogP contribution in [0.5, 0.6) is 0 Å². The largest absolute Gasteiger partial charge is 0.350 e. The SMILES string of the molecule is Cc1ccc(N(CCNC(=O)c2cccc(Cl)c2)S(C)(=O)=O)c(C)c1. The minimum atomic E-state index is -3.46. The summed E-state index contributed by atoms with van der Waals surface area (Å²) in [4.78, 5) is 12.1. The van der Waals surface area contributed by atoms with E-state index in [1.807, 2.05) is 26.0 Å². The second-order valence-electron chi connectivity index (χ2n) is 5.89. The summed E-state index contributed by atoms with van der Waals surface area (Å²) in [6.07, 6.45) is 1.16. The van der Waals surface area contributed by atoms with E-state index in [1.165, 1.54) is 4.31 Å². The minimum Gasteiger partial charge on any atom is -0.350 e. The van der Waals surface area contributed by atoms with Crippen molar-refractivity contribution in [3.63, 3.8) is 0 Å². The zero-order valence-electron chi connectivity index (χ0n) is 14.4. The molecule has 2 rings (SSSR count). The molecule has 2 aromatic carbocycles. The maximum Gasteiger partial charge on any atom is 0.251 e. The summed E-state index contributed by atoms with van der Waals surface area (Å²) < 4.78 is 25.6. The fourth-order valence-corrected chi connectivity index (χ4v) is 3.73. The zero-order valence-corrected chi connectivity index (χ0v) is 16.0. The van der Waals surface area contributed by atoms with Crippen LogP contribution in [0.1, 0.15) is 21.5 Å². The van der Waals surface area contributed by atoms with Crippen molar-refractivity contribution < 1.29 is 13.2 Å². The fraction of sp³-hybridized carbons (Fsp3) is 0.278. The van der Waals surface area contributed by atoms with Gasteiger partial charge in [-0.2, -0.15) is 0 Å².